The van der Waals surface area contributed by atoms with E-state index in [1.165, 1.54) is 38.5 Å². The normalized spacial score (nSPS) is 28.1. The number of hydrogen-bond acceptors (Lipinski definition) is 2. The van der Waals surface area contributed by atoms with Gasteiger partial charge in [-0.25, -0.2) is 0 Å². The molecule has 1 saturated heterocycles. The first-order chi connectivity index (χ1) is 10.2. The van der Waals surface area contributed by atoms with Gasteiger partial charge in [-0.3, -0.25) is 4.90 Å². The standard InChI is InChI=1S/C17H24Cl2N2/c18-13-7-8-15(19)14(10-13)17(11-20)21-9-3-5-12-4-1-2-6-16(12)21/h7-8,10,12,16-17H,1-6,9,11,20H2. The number of halogens is 2. The van der Waals surface area contributed by atoms with Crippen molar-refractivity contribution in [3.05, 3.63) is 33.8 Å². The molecular formula is C17H24Cl2N2. The molecule has 2 aliphatic rings. The average molecular weight is 327 g/mol. The molecule has 1 aromatic rings. The van der Waals surface area contributed by atoms with Gasteiger partial charge in [-0.2, -0.15) is 0 Å². The molecule has 1 aliphatic carbocycles. The summed E-state index contributed by atoms with van der Waals surface area (Å²) in [6.45, 7) is 1.73. The Labute approximate surface area is 137 Å². The molecule has 3 rings (SSSR count). The second-order valence-corrected chi connectivity index (χ2v) is 7.25. The van der Waals surface area contributed by atoms with Crippen LogP contribution in [0.25, 0.3) is 0 Å². The Balaban J connectivity index is 1.89. The molecule has 0 bridgehead atoms. The lowest BCUT2D eigenvalue weighted by Crippen LogP contribution is -2.50. The van der Waals surface area contributed by atoms with Crippen LogP contribution < -0.4 is 5.73 Å². The quantitative estimate of drug-likeness (QED) is 0.876. The summed E-state index contributed by atoms with van der Waals surface area (Å²) in [5.74, 6) is 0.847. The van der Waals surface area contributed by atoms with Crippen molar-refractivity contribution in [2.45, 2.75) is 50.6 Å². The number of likely N-dealkylation sites (tertiary alicyclic amines) is 1. The van der Waals surface area contributed by atoms with Crippen LogP contribution in [0, 0.1) is 5.92 Å². The van der Waals surface area contributed by atoms with E-state index < -0.39 is 0 Å². The van der Waals surface area contributed by atoms with Gasteiger partial charge in [-0.05, 0) is 61.9 Å². The van der Waals surface area contributed by atoms with Crippen molar-refractivity contribution in [3.8, 4) is 0 Å². The Morgan fingerprint density at radius 2 is 1.90 bits per heavy atom. The maximum Gasteiger partial charge on any atom is 0.0488 e. The zero-order valence-electron chi connectivity index (χ0n) is 12.4. The van der Waals surface area contributed by atoms with Crippen LogP contribution in [-0.4, -0.2) is 24.0 Å². The second-order valence-electron chi connectivity index (χ2n) is 6.41. The van der Waals surface area contributed by atoms with Gasteiger partial charge in [0.1, 0.15) is 0 Å². The monoisotopic (exact) mass is 326 g/mol. The number of fused-ring (bicyclic) bond motifs is 1. The fourth-order valence-corrected chi connectivity index (χ4v) is 4.69. The average Bonchev–Trinajstić information content (AvgIpc) is 2.51. The van der Waals surface area contributed by atoms with Gasteiger partial charge in [-0.15, -0.1) is 0 Å². The van der Waals surface area contributed by atoms with Gasteiger partial charge in [0.05, 0.1) is 0 Å². The maximum atomic E-state index is 6.42. The molecule has 1 saturated carbocycles. The number of nitrogens with zero attached hydrogens (tertiary/aromatic N) is 1. The first kappa shape index (κ1) is 15.6. The lowest BCUT2D eigenvalue weighted by Gasteiger charge is -2.47. The van der Waals surface area contributed by atoms with E-state index in [9.17, 15) is 0 Å². The molecule has 0 spiro atoms. The van der Waals surface area contributed by atoms with Gasteiger partial charge < -0.3 is 5.73 Å². The summed E-state index contributed by atoms with van der Waals surface area (Å²) in [6.07, 6.45) is 8.07. The molecule has 2 nitrogen and oxygen atoms in total. The molecule has 1 aromatic carbocycles. The molecule has 0 amide bonds. The summed E-state index contributed by atoms with van der Waals surface area (Å²) in [7, 11) is 0. The van der Waals surface area contributed by atoms with E-state index in [0.29, 0.717) is 12.6 Å². The summed E-state index contributed by atoms with van der Waals surface area (Å²) in [5.41, 5.74) is 7.23. The Kier molecular flexibility index (Phi) is 5.11. The van der Waals surface area contributed by atoms with Crippen molar-refractivity contribution in [2.75, 3.05) is 13.1 Å². The van der Waals surface area contributed by atoms with Gasteiger partial charge in [0.25, 0.3) is 0 Å². The van der Waals surface area contributed by atoms with Crippen molar-refractivity contribution in [2.24, 2.45) is 11.7 Å². The fourth-order valence-electron chi connectivity index (χ4n) is 4.26. The molecule has 21 heavy (non-hydrogen) atoms. The van der Waals surface area contributed by atoms with Crippen molar-refractivity contribution in [1.82, 2.24) is 4.90 Å². The molecule has 0 aromatic heterocycles. The summed E-state index contributed by atoms with van der Waals surface area (Å²) in [5, 5.41) is 1.53. The third-order valence-corrected chi connectivity index (χ3v) is 5.81. The molecule has 4 heteroatoms. The molecular weight excluding hydrogens is 303 g/mol. The van der Waals surface area contributed by atoms with Crippen LogP contribution >= 0.6 is 23.2 Å². The van der Waals surface area contributed by atoms with Crippen molar-refractivity contribution in [3.63, 3.8) is 0 Å². The van der Waals surface area contributed by atoms with Crippen molar-refractivity contribution < 1.29 is 0 Å². The van der Waals surface area contributed by atoms with Crippen LogP contribution in [0.2, 0.25) is 10.0 Å². The topological polar surface area (TPSA) is 29.3 Å². The van der Waals surface area contributed by atoms with Crippen LogP contribution in [0.5, 0.6) is 0 Å². The van der Waals surface area contributed by atoms with E-state index in [4.69, 9.17) is 28.9 Å². The van der Waals surface area contributed by atoms with Crippen molar-refractivity contribution in [1.29, 1.82) is 0 Å². The summed E-state index contributed by atoms with van der Waals surface area (Å²) < 4.78 is 0. The highest BCUT2D eigenvalue weighted by atomic mass is 35.5. The predicted octanol–water partition coefficient (Wildman–Crippen LogP) is 4.65. The minimum absolute atomic E-state index is 0.196. The lowest BCUT2D eigenvalue weighted by molar-refractivity contribution is 0.0276. The molecule has 2 N–H and O–H groups in total. The minimum Gasteiger partial charge on any atom is -0.329 e. The van der Waals surface area contributed by atoms with Gasteiger partial charge in [0.15, 0.2) is 0 Å². The highest BCUT2D eigenvalue weighted by Gasteiger charge is 2.37. The van der Waals surface area contributed by atoms with E-state index in [1.54, 1.807) is 0 Å². The van der Waals surface area contributed by atoms with Gasteiger partial charge >= 0.3 is 0 Å². The van der Waals surface area contributed by atoms with Crippen LogP contribution in [-0.2, 0) is 0 Å². The molecule has 3 unspecified atom stereocenters. The second kappa shape index (κ2) is 6.87. The number of rotatable bonds is 3. The Morgan fingerprint density at radius 1 is 1.14 bits per heavy atom. The molecule has 2 fully saturated rings. The summed E-state index contributed by atoms with van der Waals surface area (Å²) >= 11 is 12.6. The first-order valence-electron chi connectivity index (χ1n) is 8.11. The number of hydrogen-bond donors (Lipinski definition) is 1. The van der Waals surface area contributed by atoms with Crippen LogP contribution in [0.3, 0.4) is 0 Å². The SMILES string of the molecule is NCC(c1cc(Cl)ccc1Cl)N1CCCC2CCCCC21. The Hall–Kier alpha value is -0.280. The first-order valence-corrected chi connectivity index (χ1v) is 8.87. The van der Waals surface area contributed by atoms with Crippen LogP contribution in [0.4, 0.5) is 0 Å². The van der Waals surface area contributed by atoms with Crippen molar-refractivity contribution >= 4 is 23.2 Å². The zero-order valence-corrected chi connectivity index (χ0v) is 13.9. The molecule has 1 heterocycles. The Morgan fingerprint density at radius 3 is 2.71 bits per heavy atom. The van der Waals surface area contributed by atoms with Gasteiger partial charge in [0.2, 0.25) is 0 Å². The van der Waals surface area contributed by atoms with E-state index in [-0.39, 0.29) is 6.04 Å². The van der Waals surface area contributed by atoms with E-state index in [2.05, 4.69) is 4.90 Å². The molecule has 0 radical (unpaired) electrons. The number of benzene rings is 1. The highest BCUT2D eigenvalue weighted by molar-refractivity contribution is 6.33. The number of piperidine rings is 1. The zero-order chi connectivity index (χ0) is 14.8. The third kappa shape index (κ3) is 3.24. The Bertz CT molecular complexity index is 490. The fraction of sp³-hybridized carbons (Fsp3) is 0.647. The van der Waals surface area contributed by atoms with E-state index in [1.807, 2.05) is 18.2 Å². The van der Waals surface area contributed by atoms with Gasteiger partial charge in [0, 0.05) is 28.7 Å². The van der Waals surface area contributed by atoms with Gasteiger partial charge in [-0.1, -0.05) is 36.0 Å². The molecule has 1 aliphatic heterocycles. The largest absolute Gasteiger partial charge is 0.329 e. The smallest absolute Gasteiger partial charge is 0.0488 e. The summed E-state index contributed by atoms with van der Waals surface area (Å²) in [4.78, 5) is 2.62. The number of nitrogens with two attached hydrogens (primary N) is 1. The maximum absolute atomic E-state index is 6.42. The predicted molar refractivity (Wildman–Crippen MR) is 89.9 cm³/mol. The third-order valence-electron chi connectivity index (χ3n) is 5.23. The van der Waals surface area contributed by atoms with E-state index >= 15 is 0 Å². The van der Waals surface area contributed by atoms with E-state index in [0.717, 1.165) is 28.1 Å². The summed E-state index contributed by atoms with van der Waals surface area (Å²) in [6, 6.07) is 6.61. The highest BCUT2D eigenvalue weighted by Crippen LogP contribution is 2.40. The molecule has 116 valence electrons. The van der Waals surface area contributed by atoms with Crippen LogP contribution in [0.15, 0.2) is 18.2 Å². The molecule has 3 atom stereocenters. The lowest BCUT2D eigenvalue weighted by atomic mass is 9.77. The minimum atomic E-state index is 0.196. The van der Waals surface area contributed by atoms with Crippen LogP contribution in [0.1, 0.15) is 50.1 Å².